The second-order valence-electron chi connectivity index (χ2n) is 29.4. The normalized spacial score (nSPS) is 12.0. The van der Waals surface area contributed by atoms with Gasteiger partial charge in [0.1, 0.15) is 65.0 Å². The highest BCUT2D eigenvalue weighted by Gasteiger charge is 2.27. The Morgan fingerprint density at radius 1 is 0.344 bits per heavy atom. The molecule has 0 aliphatic carbocycles. The minimum Gasteiger partial charge on any atom is -0.505 e. The van der Waals surface area contributed by atoms with E-state index in [9.17, 15) is 61.0 Å². The van der Waals surface area contributed by atoms with Crippen LogP contribution < -0.4 is 49.6 Å². The van der Waals surface area contributed by atoms with Crippen LogP contribution in [0.1, 0.15) is 56.0 Å². The first-order valence-electron chi connectivity index (χ1n) is 39.4. The fourth-order valence-electron chi connectivity index (χ4n) is 14.6. The van der Waals surface area contributed by atoms with E-state index in [-0.39, 0.29) is 60.0 Å². The van der Waals surface area contributed by atoms with Crippen LogP contribution in [0.3, 0.4) is 0 Å². The van der Waals surface area contributed by atoms with E-state index < -0.39 is 57.1 Å². The summed E-state index contributed by atoms with van der Waals surface area (Å²) in [5, 5.41) is 12.7. The van der Waals surface area contributed by atoms with Gasteiger partial charge in [-0.2, -0.15) is 0 Å². The fourth-order valence-corrected chi connectivity index (χ4v) is 18.3. The number of halogens is 4. The molecular weight excluding hydrogens is 1680 g/mol. The van der Waals surface area contributed by atoms with Gasteiger partial charge in [0, 0.05) is 79.0 Å². The van der Waals surface area contributed by atoms with Gasteiger partial charge in [-0.25, -0.2) is 36.7 Å². The Labute approximate surface area is 727 Å². The highest BCUT2D eigenvalue weighted by molar-refractivity contribution is 8.00. The standard InChI is InChI=1S/C29H22F2N2O5S.2C23H18FNO3S.C23H19NO3S/c30-18-6-4-17(5-7-18)16-33-23-9-8-20(32-10-12-37-13-11-32)15-22(23)26-24(28(33)35)25(34)27(29(36)38-26)39-21-3-1-2-19(31)14-21;1-14-12-18-20(22(26)25(14)13-16-8-4-3-5-9-16)15(2)21(23(27)28-18)29-19-11-7-6-10-17(19)24;1-14-11-19-20(22(26)25(14)13-16-7-4-3-5-8-16)15(2)21(23(27)28-19)29-18-10-6-9-17(24)12-18;1-15-13-19-20(22(25)24(15)14-17-9-5-3-6-10-17)16(2)21(23(26)27-19)28-18-11-7-4-8-12-18/h1-9,14-15,34H,10-13,16H2;2*3-12H,13H2,1-2H3;3-13H,14H2,1-2H3. The number of fused-ring (bicyclic) bond motifs is 6. The van der Waals surface area contributed by atoms with E-state index in [1.165, 1.54) is 64.9 Å². The first-order valence-corrected chi connectivity index (χ1v) is 42.7. The van der Waals surface area contributed by atoms with Crippen LogP contribution in [-0.2, 0) is 30.9 Å². The topological polar surface area (TPSA) is 242 Å². The number of ether oxygens (including phenoxy) is 1. The number of anilines is 1. The molecule has 0 spiro atoms. The summed E-state index contributed by atoms with van der Waals surface area (Å²) >= 11 is 4.21. The van der Waals surface area contributed by atoms with Crippen molar-refractivity contribution in [1.29, 1.82) is 0 Å². The molecule has 18 rings (SSSR count). The molecule has 9 heterocycles. The first-order chi connectivity index (χ1) is 60.3. The van der Waals surface area contributed by atoms with Gasteiger partial charge in [0.2, 0.25) is 0 Å². The van der Waals surface area contributed by atoms with Gasteiger partial charge in [0.15, 0.2) is 11.3 Å². The Kier molecular flexibility index (Phi) is 26.4. The summed E-state index contributed by atoms with van der Waals surface area (Å²) in [6.07, 6.45) is 0. The highest BCUT2D eigenvalue weighted by atomic mass is 32.2. The molecule has 0 bridgehead atoms. The first kappa shape index (κ1) is 86.5. The van der Waals surface area contributed by atoms with Crippen molar-refractivity contribution in [3.63, 3.8) is 0 Å². The number of morpholine rings is 1. The summed E-state index contributed by atoms with van der Waals surface area (Å²) in [7, 11) is 0. The number of rotatable bonds is 17. The van der Waals surface area contributed by atoms with E-state index in [0.717, 1.165) is 68.3 Å². The van der Waals surface area contributed by atoms with Crippen molar-refractivity contribution >= 4 is 108 Å². The molecule has 9 aromatic carbocycles. The number of hydrogen-bond acceptors (Lipinski definition) is 19. The van der Waals surface area contributed by atoms with E-state index in [1.54, 1.807) is 107 Å². The molecule has 1 aliphatic heterocycles. The Morgan fingerprint density at radius 2 is 0.720 bits per heavy atom. The summed E-state index contributed by atoms with van der Waals surface area (Å²) < 4.78 is 89.0. The zero-order chi connectivity index (χ0) is 87.9. The number of aromatic hydroxyl groups is 1. The maximum absolute atomic E-state index is 14.1. The minimum atomic E-state index is -0.844. The molecule has 1 saturated heterocycles. The number of benzene rings is 9. The van der Waals surface area contributed by atoms with Crippen LogP contribution in [0.2, 0.25) is 0 Å². The molecular formula is C98H77F4N5O14S4. The van der Waals surface area contributed by atoms with E-state index in [1.807, 2.05) is 154 Å². The lowest BCUT2D eigenvalue weighted by atomic mass is 10.1. The van der Waals surface area contributed by atoms with Gasteiger partial charge in [-0.1, -0.05) is 193 Å². The average Bonchev–Trinajstić information content (AvgIpc) is 0.734. The van der Waals surface area contributed by atoms with Crippen LogP contribution in [0.5, 0.6) is 5.75 Å². The molecule has 630 valence electrons. The van der Waals surface area contributed by atoms with Crippen molar-refractivity contribution in [1.82, 2.24) is 18.3 Å². The van der Waals surface area contributed by atoms with Gasteiger partial charge in [0.25, 0.3) is 22.2 Å². The predicted octanol–water partition coefficient (Wildman–Crippen LogP) is 19.7. The monoisotopic (exact) mass is 1750 g/mol. The van der Waals surface area contributed by atoms with Crippen LogP contribution >= 0.6 is 47.0 Å². The molecule has 0 saturated carbocycles. The van der Waals surface area contributed by atoms with E-state index in [2.05, 4.69) is 4.90 Å². The van der Waals surface area contributed by atoms with Gasteiger partial charge >= 0.3 is 22.5 Å². The van der Waals surface area contributed by atoms with Crippen LogP contribution in [-0.4, -0.2) is 49.7 Å². The Morgan fingerprint density at radius 3 is 1.17 bits per heavy atom. The maximum atomic E-state index is 14.1. The van der Waals surface area contributed by atoms with Crippen molar-refractivity contribution in [2.45, 2.75) is 107 Å². The lowest BCUT2D eigenvalue weighted by Crippen LogP contribution is -2.36. The van der Waals surface area contributed by atoms with Gasteiger partial charge in [-0.15, -0.1) is 0 Å². The molecule has 125 heavy (non-hydrogen) atoms. The molecule has 19 nitrogen and oxygen atoms in total. The molecule has 0 amide bonds. The molecule has 8 aromatic heterocycles. The van der Waals surface area contributed by atoms with Crippen LogP contribution in [0.15, 0.2) is 350 Å². The van der Waals surface area contributed by atoms with Crippen molar-refractivity contribution in [3.05, 3.63) is 417 Å². The number of nitrogens with zero attached hydrogens (tertiary/aromatic N) is 5. The van der Waals surface area contributed by atoms with E-state index >= 15 is 0 Å². The molecule has 1 fully saturated rings. The summed E-state index contributed by atoms with van der Waals surface area (Å²) in [6.45, 7) is 14.6. The summed E-state index contributed by atoms with van der Waals surface area (Å²) in [5.74, 6) is -2.26. The van der Waals surface area contributed by atoms with Gasteiger partial charge in [-0.3, -0.25) is 19.2 Å². The highest BCUT2D eigenvalue weighted by Crippen LogP contribution is 2.40. The lowest BCUT2D eigenvalue weighted by molar-refractivity contribution is 0.122. The largest absolute Gasteiger partial charge is 0.505 e. The Balaban J connectivity index is 0.000000130. The van der Waals surface area contributed by atoms with E-state index in [4.69, 9.17) is 22.4 Å². The minimum absolute atomic E-state index is 0.0356. The third kappa shape index (κ3) is 19.2. The predicted molar refractivity (Wildman–Crippen MR) is 482 cm³/mol. The zero-order valence-corrected chi connectivity index (χ0v) is 71.3. The van der Waals surface area contributed by atoms with Gasteiger partial charge in [0.05, 0.1) is 61.1 Å². The fraction of sp³-hybridized carbons (Fsp3) is 0.143. The molecule has 27 heteroatoms. The zero-order valence-electron chi connectivity index (χ0n) is 68.0. The number of aryl methyl sites for hydroxylation is 6. The molecule has 1 aliphatic rings. The van der Waals surface area contributed by atoms with Crippen molar-refractivity contribution in [2.24, 2.45) is 0 Å². The van der Waals surface area contributed by atoms with Crippen LogP contribution in [0.4, 0.5) is 23.2 Å². The van der Waals surface area contributed by atoms with Crippen molar-refractivity contribution < 1.29 is 45.1 Å². The van der Waals surface area contributed by atoms with E-state index in [0.29, 0.717) is 132 Å². The average molecular weight is 1750 g/mol. The van der Waals surface area contributed by atoms with Gasteiger partial charge < -0.3 is 50.7 Å². The van der Waals surface area contributed by atoms with Crippen molar-refractivity contribution in [3.8, 4) is 5.75 Å². The molecule has 17 aromatic rings. The van der Waals surface area contributed by atoms with Crippen molar-refractivity contribution in [2.75, 3.05) is 31.2 Å². The molecule has 1 N–H and O–H groups in total. The molecule has 0 radical (unpaired) electrons. The second-order valence-corrected chi connectivity index (χ2v) is 33.7. The maximum Gasteiger partial charge on any atom is 0.354 e. The van der Waals surface area contributed by atoms with Crippen LogP contribution in [0.25, 0.3) is 54.8 Å². The number of pyridine rings is 4. The summed E-state index contributed by atoms with van der Waals surface area (Å²) in [6, 6.07) is 72.9. The number of aromatic nitrogens is 4. The Bertz CT molecular complexity index is 7510. The third-order valence-electron chi connectivity index (χ3n) is 21.0. The van der Waals surface area contributed by atoms with Crippen LogP contribution in [0, 0.1) is 64.8 Å². The number of hydrogen-bond donors (Lipinski definition) is 1. The Hall–Kier alpha value is -13.4. The summed E-state index contributed by atoms with van der Waals surface area (Å²) in [4.78, 5) is 109. The second kappa shape index (κ2) is 38.1. The smallest absolute Gasteiger partial charge is 0.354 e. The SMILES string of the molecule is Cc1c(Sc2cccc(F)c2)c(=O)oc2cc(C)n(Cc3ccccc3)c(=O)c12.Cc1c(Sc2ccccc2)c(=O)oc2cc(C)n(Cc3ccccc3)c(=O)c12.Cc1c(Sc2ccccc2F)c(=O)oc2cc(C)n(Cc3ccccc3)c(=O)c12.O=c1oc2c(c(O)c1Sc1cccc(F)c1)c(=O)n(Cc1ccc(F)cc1)c1ccc(N3CCOCC3)cc21. The lowest BCUT2D eigenvalue weighted by Gasteiger charge is -2.29. The summed E-state index contributed by atoms with van der Waals surface area (Å²) in [5.41, 5.74) is 6.16. The third-order valence-corrected chi connectivity index (χ3v) is 25.6. The van der Waals surface area contributed by atoms with Gasteiger partial charge in [-0.05, 0) is 171 Å². The quantitative estimate of drug-likeness (QED) is 0.0658. The molecule has 0 unspecified atom stereocenters. The molecule has 0 atom stereocenters.